The van der Waals surface area contributed by atoms with Crippen LogP contribution in [0.25, 0.3) is 5.57 Å². The highest BCUT2D eigenvalue weighted by Gasteiger charge is 2.35. The van der Waals surface area contributed by atoms with E-state index in [-0.39, 0.29) is 0 Å². The Bertz CT molecular complexity index is 525. The molecular formula is C14H15N3. The van der Waals surface area contributed by atoms with Gasteiger partial charge < -0.3 is 5.32 Å². The summed E-state index contributed by atoms with van der Waals surface area (Å²) in [4.78, 5) is 4.32. The molecule has 86 valence electrons. The highest BCUT2D eigenvalue weighted by molar-refractivity contribution is 5.72. The highest BCUT2D eigenvalue weighted by atomic mass is 15.0. The van der Waals surface area contributed by atoms with E-state index in [1.807, 2.05) is 19.2 Å². The number of allylic oxidation sites excluding steroid dienone is 1. The van der Waals surface area contributed by atoms with Crippen LogP contribution in [0, 0.1) is 24.2 Å². The molecule has 2 atom stereocenters. The van der Waals surface area contributed by atoms with E-state index < -0.39 is 0 Å². The van der Waals surface area contributed by atoms with E-state index in [0.29, 0.717) is 11.6 Å². The first-order chi connectivity index (χ1) is 8.29. The van der Waals surface area contributed by atoms with Gasteiger partial charge in [0.25, 0.3) is 0 Å². The van der Waals surface area contributed by atoms with Crippen LogP contribution in [-0.2, 0) is 0 Å². The Morgan fingerprint density at radius 1 is 1.53 bits per heavy atom. The number of pyridine rings is 1. The van der Waals surface area contributed by atoms with Gasteiger partial charge >= 0.3 is 0 Å². The van der Waals surface area contributed by atoms with Gasteiger partial charge in [-0.05, 0) is 42.9 Å². The molecule has 1 N–H and O–H groups in total. The third kappa shape index (κ3) is 1.65. The Morgan fingerprint density at radius 2 is 2.41 bits per heavy atom. The number of aromatic nitrogens is 1. The fraction of sp³-hybridized carbons (Fsp3) is 0.429. The molecule has 1 aliphatic heterocycles. The van der Waals surface area contributed by atoms with Crippen molar-refractivity contribution in [2.75, 3.05) is 6.54 Å². The van der Waals surface area contributed by atoms with Crippen molar-refractivity contribution in [1.29, 1.82) is 5.26 Å². The van der Waals surface area contributed by atoms with Crippen molar-refractivity contribution in [2.24, 2.45) is 5.92 Å². The predicted octanol–water partition coefficient (Wildman–Crippen LogP) is 2.03. The van der Waals surface area contributed by atoms with Crippen LogP contribution in [0.3, 0.4) is 0 Å². The lowest BCUT2D eigenvalue weighted by Gasteiger charge is -2.42. The zero-order valence-corrected chi connectivity index (χ0v) is 9.90. The fourth-order valence-electron chi connectivity index (χ4n) is 2.72. The third-order valence-electron chi connectivity index (χ3n) is 3.85. The lowest BCUT2D eigenvalue weighted by atomic mass is 9.76. The molecule has 0 aromatic carbocycles. The van der Waals surface area contributed by atoms with Crippen LogP contribution in [0.15, 0.2) is 18.3 Å². The molecule has 17 heavy (non-hydrogen) atoms. The summed E-state index contributed by atoms with van der Waals surface area (Å²) in [6.45, 7) is 3.01. The zero-order chi connectivity index (χ0) is 11.8. The number of hydrogen-bond acceptors (Lipinski definition) is 3. The van der Waals surface area contributed by atoms with Crippen LogP contribution in [0.2, 0.25) is 0 Å². The number of rotatable bonds is 1. The Kier molecular flexibility index (Phi) is 2.45. The monoisotopic (exact) mass is 225 g/mol. The Morgan fingerprint density at radius 3 is 3.12 bits per heavy atom. The Labute approximate surface area is 101 Å². The van der Waals surface area contributed by atoms with Crippen LogP contribution in [0.1, 0.15) is 29.7 Å². The summed E-state index contributed by atoms with van der Waals surface area (Å²) in [7, 11) is 0. The molecule has 1 aromatic rings. The molecule has 0 radical (unpaired) electrons. The second-order valence-corrected chi connectivity index (χ2v) is 4.85. The Hall–Kier alpha value is -1.66. The van der Waals surface area contributed by atoms with Crippen molar-refractivity contribution < 1.29 is 0 Å². The maximum atomic E-state index is 9.05. The van der Waals surface area contributed by atoms with E-state index in [1.54, 1.807) is 0 Å². The van der Waals surface area contributed by atoms with Crippen molar-refractivity contribution in [1.82, 2.24) is 10.3 Å². The number of nitrogens with one attached hydrogen (secondary N) is 1. The number of nitrogens with zero attached hydrogens (tertiary/aromatic N) is 2. The maximum absolute atomic E-state index is 9.05. The molecule has 0 bridgehead atoms. The van der Waals surface area contributed by atoms with Gasteiger partial charge in [0, 0.05) is 18.8 Å². The average Bonchev–Trinajstić information content (AvgIpc) is 2.31. The summed E-state index contributed by atoms with van der Waals surface area (Å²) in [5.41, 5.74) is 3.93. The summed E-state index contributed by atoms with van der Waals surface area (Å²) in [6, 6.07) is 4.66. The molecule has 2 aliphatic rings. The topological polar surface area (TPSA) is 48.7 Å². The molecule has 3 rings (SSSR count). The minimum atomic E-state index is 0.486. The molecule has 3 heteroatoms. The molecule has 0 spiro atoms. The molecule has 2 heterocycles. The minimum absolute atomic E-state index is 0.486. The standard InChI is InChI=1S/C14H15N3/c1-9-11(6-15)5-12(8-16-9)13-4-2-3-10-7-17-14(10)13/h4-5,8,10,14,17H,2-3,7H2,1H3/t10-,14+/m1/s1. The normalized spacial score (nSPS) is 26.5. The van der Waals surface area contributed by atoms with Crippen molar-refractivity contribution in [3.8, 4) is 6.07 Å². The van der Waals surface area contributed by atoms with Crippen LogP contribution in [0.5, 0.6) is 0 Å². The first-order valence-corrected chi connectivity index (χ1v) is 6.10. The summed E-state index contributed by atoms with van der Waals surface area (Å²) in [5, 5.41) is 12.5. The summed E-state index contributed by atoms with van der Waals surface area (Å²) in [5.74, 6) is 0.779. The van der Waals surface area contributed by atoms with Crippen LogP contribution >= 0.6 is 0 Å². The van der Waals surface area contributed by atoms with Gasteiger partial charge in [0.15, 0.2) is 0 Å². The highest BCUT2D eigenvalue weighted by Crippen LogP contribution is 2.35. The first kappa shape index (κ1) is 10.5. The molecule has 1 fully saturated rings. The minimum Gasteiger partial charge on any atom is -0.309 e. The molecule has 1 saturated heterocycles. The quantitative estimate of drug-likeness (QED) is 0.795. The van der Waals surface area contributed by atoms with Gasteiger partial charge in [-0.1, -0.05) is 6.08 Å². The Balaban J connectivity index is 1.99. The van der Waals surface area contributed by atoms with Gasteiger partial charge in [-0.15, -0.1) is 0 Å². The molecule has 0 amide bonds. The van der Waals surface area contributed by atoms with Gasteiger partial charge in [-0.25, -0.2) is 0 Å². The van der Waals surface area contributed by atoms with Gasteiger partial charge in [-0.3, -0.25) is 4.98 Å². The molecule has 3 nitrogen and oxygen atoms in total. The van der Waals surface area contributed by atoms with Crippen LogP contribution in [-0.4, -0.2) is 17.6 Å². The van der Waals surface area contributed by atoms with E-state index in [2.05, 4.69) is 22.4 Å². The lowest BCUT2D eigenvalue weighted by Crippen LogP contribution is -2.54. The molecule has 1 aliphatic carbocycles. The van der Waals surface area contributed by atoms with Gasteiger partial charge in [0.2, 0.25) is 0 Å². The smallest absolute Gasteiger partial charge is 0.101 e. The largest absolute Gasteiger partial charge is 0.309 e. The third-order valence-corrected chi connectivity index (χ3v) is 3.85. The van der Waals surface area contributed by atoms with E-state index in [0.717, 1.165) is 30.1 Å². The number of fused-ring (bicyclic) bond motifs is 1. The fourth-order valence-corrected chi connectivity index (χ4v) is 2.72. The second kappa shape index (κ2) is 3.97. The van der Waals surface area contributed by atoms with Gasteiger partial charge in [0.05, 0.1) is 11.3 Å². The maximum Gasteiger partial charge on any atom is 0.101 e. The zero-order valence-electron chi connectivity index (χ0n) is 9.90. The lowest BCUT2D eigenvalue weighted by molar-refractivity contribution is 0.262. The number of hydrogen-bond donors (Lipinski definition) is 1. The molecule has 0 saturated carbocycles. The van der Waals surface area contributed by atoms with Crippen LogP contribution in [0.4, 0.5) is 0 Å². The van der Waals surface area contributed by atoms with E-state index in [1.165, 1.54) is 12.0 Å². The van der Waals surface area contributed by atoms with E-state index in [4.69, 9.17) is 5.26 Å². The van der Waals surface area contributed by atoms with Crippen molar-refractivity contribution in [3.63, 3.8) is 0 Å². The summed E-state index contributed by atoms with van der Waals surface area (Å²) >= 11 is 0. The predicted molar refractivity (Wildman–Crippen MR) is 66.2 cm³/mol. The first-order valence-electron chi connectivity index (χ1n) is 6.10. The van der Waals surface area contributed by atoms with Crippen molar-refractivity contribution in [3.05, 3.63) is 35.2 Å². The molecular weight excluding hydrogens is 210 g/mol. The van der Waals surface area contributed by atoms with Crippen molar-refractivity contribution >= 4 is 5.57 Å². The molecule has 1 aromatic heterocycles. The van der Waals surface area contributed by atoms with E-state index in [9.17, 15) is 0 Å². The SMILES string of the molecule is Cc1ncc(C2=CCC[C@@H]3CN[C@H]23)cc1C#N. The number of aryl methyl sites for hydroxylation is 1. The summed E-state index contributed by atoms with van der Waals surface area (Å²) in [6.07, 6.45) is 6.62. The van der Waals surface area contributed by atoms with Gasteiger partial charge in [0.1, 0.15) is 6.07 Å². The van der Waals surface area contributed by atoms with Crippen molar-refractivity contribution in [2.45, 2.75) is 25.8 Å². The summed E-state index contributed by atoms with van der Waals surface area (Å²) < 4.78 is 0. The molecule has 0 unspecified atom stereocenters. The number of nitriles is 1. The van der Waals surface area contributed by atoms with E-state index >= 15 is 0 Å². The van der Waals surface area contributed by atoms with Crippen LogP contribution < -0.4 is 5.32 Å². The average molecular weight is 225 g/mol. The van der Waals surface area contributed by atoms with Gasteiger partial charge in [-0.2, -0.15) is 5.26 Å². The second-order valence-electron chi connectivity index (χ2n) is 4.85.